The van der Waals surface area contributed by atoms with Crippen molar-refractivity contribution in [1.82, 2.24) is 0 Å². The number of hydrogen-bond donors (Lipinski definition) is 0. The number of fused-ring (bicyclic) bond motifs is 2. The summed E-state index contributed by atoms with van der Waals surface area (Å²) in [7, 11) is 0. The summed E-state index contributed by atoms with van der Waals surface area (Å²) in [6, 6.07) is 20.3. The van der Waals surface area contributed by atoms with Crippen molar-refractivity contribution in [2.24, 2.45) is 0 Å². The van der Waals surface area contributed by atoms with Crippen molar-refractivity contribution >= 4 is 21.5 Å². The second kappa shape index (κ2) is 16.7. The molecule has 0 atom stereocenters. The first-order chi connectivity index (χ1) is 16.9. The van der Waals surface area contributed by atoms with Crippen molar-refractivity contribution < 1.29 is 0 Å². The third-order valence-electron chi connectivity index (χ3n) is 7.64. The molecule has 0 radical (unpaired) electrons. The summed E-state index contributed by atoms with van der Waals surface area (Å²) < 4.78 is 0. The van der Waals surface area contributed by atoms with Gasteiger partial charge in [-0.05, 0) is 52.1 Å². The van der Waals surface area contributed by atoms with Gasteiger partial charge in [-0.15, -0.1) is 0 Å². The predicted molar refractivity (Wildman–Crippen MR) is 154 cm³/mol. The molecule has 186 valence electrons. The molecular formula is C34H50. The zero-order valence-corrected chi connectivity index (χ0v) is 22.1. The Morgan fingerprint density at radius 3 is 1.38 bits per heavy atom. The van der Waals surface area contributed by atoms with Crippen LogP contribution in [-0.2, 0) is 6.42 Å². The smallest absolute Gasteiger partial charge is 0.0146 e. The molecule has 0 saturated carbocycles. The lowest BCUT2D eigenvalue weighted by Gasteiger charge is -2.09. The van der Waals surface area contributed by atoms with Gasteiger partial charge in [0.25, 0.3) is 0 Å². The van der Waals surface area contributed by atoms with Crippen LogP contribution in [0.4, 0.5) is 0 Å². The summed E-state index contributed by atoms with van der Waals surface area (Å²) >= 11 is 0. The van der Waals surface area contributed by atoms with Gasteiger partial charge in [-0.1, -0.05) is 159 Å². The minimum absolute atomic E-state index is 1.22. The molecule has 0 unspecified atom stereocenters. The Morgan fingerprint density at radius 2 is 0.853 bits per heavy atom. The molecule has 3 aromatic carbocycles. The quantitative estimate of drug-likeness (QED) is 0.124. The molecule has 0 saturated heterocycles. The summed E-state index contributed by atoms with van der Waals surface area (Å²) in [5.74, 6) is 0. The zero-order chi connectivity index (χ0) is 23.7. The second-order valence-corrected chi connectivity index (χ2v) is 10.6. The molecule has 0 aliphatic rings. The third kappa shape index (κ3) is 9.81. The molecule has 3 aromatic rings. The van der Waals surface area contributed by atoms with E-state index in [1.807, 2.05) is 0 Å². The number of benzene rings is 3. The van der Waals surface area contributed by atoms with E-state index in [2.05, 4.69) is 61.5 Å². The van der Waals surface area contributed by atoms with Gasteiger partial charge in [0.1, 0.15) is 0 Å². The molecule has 0 amide bonds. The van der Waals surface area contributed by atoms with Crippen LogP contribution in [0.3, 0.4) is 0 Å². The Bertz CT molecular complexity index is 922. The maximum Gasteiger partial charge on any atom is -0.0146 e. The lowest BCUT2D eigenvalue weighted by molar-refractivity contribution is 0.525. The summed E-state index contributed by atoms with van der Waals surface area (Å²) in [6.07, 6.45) is 27.1. The predicted octanol–water partition coefficient (Wildman–Crippen LogP) is 11.6. The monoisotopic (exact) mass is 458 g/mol. The molecule has 0 nitrogen and oxygen atoms in total. The number of aryl methyl sites for hydroxylation is 1. The van der Waals surface area contributed by atoms with Crippen LogP contribution in [-0.4, -0.2) is 0 Å². The van der Waals surface area contributed by atoms with Gasteiger partial charge in [0.2, 0.25) is 0 Å². The van der Waals surface area contributed by atoms with Gasteiger partial charge in [0.05, 0.1) is 0 Å². The highest BCUT2D eigenvalue weighted by Crippen LogP contribution is 2.26. The summed E-state index contributed by atoms with van der Waals surface area (Å²) in [6.45, 7) is 2.30. The average Bonchev–Trinajstić information content (AvgIpc) is 2.87. The topological polar surface area (TPSA) is 0 Å². The lowest BCUT2D eigenvalue weighted by Crippen LogP contribution is -1.89. The van der Waals surface area contributed by atoms with Gasteiger partial charge in [-0.25, -0.2) is 0 Å². The SMILES string of the molecule is CCCCCCCCCCCCCCCCCCCCc1cccc2cc3ccccc3cc12. The van der Waals surface area contributed by atoms with Crippen LogP contribution in [0.5, 0.6) is 0 Å². The van der Waals surface area contributed by atoms with Crippen molar-refractivity contribution in [1.29, 1.82) is 0 Å². The molecular weight excluding hydrogens is 408 g/mol. The number of unbranched alkanes of at least 4 members (excludes halogenated alkanes) is 17. The van der Waals surface area contributed by atoms with E-state index in [4.69, 9.17) is 0 Å². The molecule has 0 aliphatic carbocycles. The summed E-state index contributed by atoms with van der Waals surface area (Å²) in [5.41, 5.74) is 1.53. The molecule has 0 heterocycles. The highest BCUT2D eigenvalue weighted by atomic mass is 14.1. The van der Waals surface area contributed by atoms with Gasteiger partial charge in [-0.3, -0.25) is 0 Å². The molecule has 0 bridgehead atoms. The van der Waals surface area contributed by atoms with Crippen LogP contribution in [0, 0.1) is 0 Å². The fourth-order valence-electron chi connectivity index (χ4n) is 5.47. The fourth-order valence-corrected chi connectivity index (χ4v) is 5.47. The van der Waals surface area contributed by atoms with Crippen molar-refractivity contribution in [2.75, 3.05) is 0 Å². The number of rotatable bonds is 19. The molecule has 0 N–H and O–H groups in total. The molecule has 0 fully saturated rings. The van der Waals surface area contributed by atoms with E-state index in [1.54, 1.807) is 0 Å². The van der Waals surface area contributed by atoms with E-state index in [-0.39, 0.29) is 0 Å². The Kier molecular flexibility index (Phi) is 13.2. The lowest BCUT2D eigenvalue weighted by atomic mass is 9.96. The highest BCUT2D eigenvalue weighted by Gasteiger charge is 2.03. The van der Waals surface area contributed by atoms with Crippen molar-refractivity contribution in [3.63, 3.8) is 0 Å². The Morgan fingerprint density at radius 1 is 0.412 bits per heavy atom. The van der Waals surface area contributed by atoms with E-state index in [1.165, 1.54) is 149 Å². The minimum atomic E-state index is 1.22. The molecule has 3 rings (SSSR count). The van der Waals surface area contributed by atoms with Gasteiger partial charge < -0.3 is 0 Å². The van der Waals surface area contributed by atoms with E-state index in [0.717, 1.165) is 0 Å². The van der Waals surface area contributed by atoms with Gasteiger partial charge in [0, 0.05) is 0 Å². The summed E-state index contributed by atoms with van der Waals surface area (Å²) in [4.78, 5) is 0. The van der Waals surface area contributed by atoms with E-state index < -0.39 is 0 Å². The average molecular weight is 459 g/mol. The maximum atomic E-state index is 2.40. The first-order valence-electron chi connectivity index (χ1n) is 14.8. The van der Waals surface area contributed by atoms with Crippen molar-refractivity contribution in [2.45, 2.75) is 129 Å². The normalized spacial score (nSPS) is 11.6. The van der Waals surface area contributed by atoms with E-state index >= 15 is 0 Å². The van der Waals surface area contributed by atoms with Crippen LogP contribution in [0.1, 0.15) is 128 Å². The first-order valence-corrected chi connectivity index (χ1v) is 14.8. The van der Waals surface area contributed by atoms with E-state index in [9.17, 15) is 0 Å². The Labute approximate surface area is 210 Å². The fraction of sp³-hybridized carbons (Fsp3) is 0.588. The van der Waals surface area contributed by atoms with Crippen LogP contribution < -0.4 is 0 Å². The van der Waals surface area contributed by atoms with Crippen LogP contribution >= 0.6 is 0 Å². The molecule has 0 heteroatoms. The number of hydrogen-bond acceptors (Lipinski definition) is 0. The van der Waals surface area contributed by atoms with E-state index in [0.29, 0.717) is 0 Å². The van der Waals surface area contributed by atoms with Crippen molar-refractivity contribution in [3.8, 4) is 0 Å². The highest BCUT2D eigenvalue weighted by molar-refractivity contribution is 5.99. The Balaban J connectivity index is 1.17. The molecule has 0 aromatic heterocycles. The van der Waals surface area contributed by atoms with Crippen LogP contribution in [0.2, 0.25) is 0 Å². The second-order valence-electron chi connectivity index (χ2n) is 10.6. The van der Waals surface area contributed by atoms with Crippen LogP contribution in [0.25, 0.3) is 21.5 Å². The standard InChI is InChI=1S/C34H50/c1-2-3-4-5-6-7-8-9-10-11-12-13-14-15-16-17-18-19-23-30-26-22-27-33-28-31-24-20-21-25-32(31)29-34(30)33/h20-22,24-29H,2-19,23H2,1H3. The zero-order valence-electron chi connectivity index (χ0n) is 22.1. The summed E-state index contributed by atoms with van der Waals surface area (Å²) in [5, 5.41) is 5.55. The van der Waals surface area contributed by atoms with Gasteiger partial charge in [-0.2, -0.15) is 0 Å². The maximum absolute atomic E-state index is 2.40. The third-order valence-corrected chi connectivity index (χ3v) is 7.64. The molecule has 0 spiro atoms. The first kappa shape index (κ1) is 26.8. The molecule has 0 aliphatic heterocycles. The van der Waals surface area contributed by atoms with Crippen LogP contribution in [0.15, 0.2) is 54.6 Å². The van der Waals surface area contributed by atoms with Gasteiger partial charge in [0.15, 0.2) is 0 Å². The minimum Gasteiger partial charge on any atom is -0.0654 e. The largest absolute Gasteiger partial charge is 0.0654 e. The molecule has 34 heavy (non-hydrogen) atoms. The Hall–Kier alpha value is -1.82. The van der Waals surface area contributed by atoms with Crippen molar-refractivity contribution in [3.05, 3.63) is 60.2 Å². The van der Waals surface area contributed by atoms with Gasteiger partial charge >= 0.3 is 0 Å².